The Morgan fingerprint density at radius 1 is 1.17 bits per heavy atom. The molecule has 190 valence electrons. The summed E-state index contributed by atoms with van der Waals surface area (Å²) in [5.41, 5.74) is 4.18. The first kappa shape index (κ1) is 27.6. The highest BCUT2D eigenvalue weighted by Gasteiger charge is 2.29. The Labute approximate surface area is 225 Å². The number of benzene rings is 1. The van der Waals surface area contributed by atoms with Crippen molar-refractivity contribution in [1.82, 2.24) is 24.7 Å². The van der Waals surface area contributed by atoms with E-state index in [0.717, 1.165) is 33.3 Å². The molecule has 4 rings (SSSR count). The summed E-state index contributed by atoms with van der Waals surface area (Å²) >= 11 is 2.76. The summed E-state index contributed by atoms with van der Waals surface area (Å²) in [5.74, 6) is -0.174. The van der Waals surface area contributed by atoms with Gasteiger partial charge in [0.05, 0.1) is 11.4 Å². The molecule has 3 aromatic heterocycles. The Morgan fingerprint density at radius 3 is 2.50 bits per heavy atom. The second-order valence-electron chi connectivity index (χ2n) is 8.56. The van der Waals surface area contributed by atoms with Gasteiger partial charge in [-0.25, -0.2) is 19.6 Å². The van der Waals surface area contributed by atoms with Gasteiger partial charge < -0.3 is 10.0 Å². The number of halogens is 1. The second-order valence-corrected chi connectivity index (χ2v) is 11.3. The average molecular weight is 545 g/mol. The molecule has 0 unspecified atom stereocenters. The van der Waals surface area contributed by atoms with Gasteiger partial charge in [-0.05, 0) is 49.6 Å². The van der Waals surface area contributed by atoms with E-state index in [-0.39, 0.29) is 12.4 Å². The third-order valence-electron chi connectivity index (χ3n) is 5.49. The van der Waals surface area contributed by atoms with Crippen molar-refractivity contribution in [2.75, 3.05) is 11.4 Å². The van der Waals surface area contributed by atoms with Crippen molar-refractivity contribution in [1.29, 1.82) is 0 Å². The number of carbonyl (C=O) groups is 1. The van der Waals surface area contributed by atoms with Crippen LogP contribution in [0.2, 0.25) is 0 Å². The van der Waals surface area contributed by atoms with Gasteiger partial charge in [0.1, 0.15) is 4.75 Å². The lowest BCUT2D eigenvalue weighted by Gasteiger charge is -2.22. The summed E-state index contributed by atoms with van der Waals surface area (Å²) in [6.07, 6.45) is 9.03. The number of thioether (sulfide) groups is 1. The van der Waals surface area contributed by atoms with Gasteiger partial charge in [0.2, 0.25) is 5.95 Å². The molecule has 0 fully saturated rings. The summed E-state index contributed by atoms with van der Waals surface area (Å²) in [6.45, 7) is 6.81. The Balaban J connectivity index is 0.00000361. The van der Waals surface area contributed by atoms with E-state index < -0.39 is 10.7 Å². The number of hydrogen-bond acceptors (Lipinski definition) is 8. The summed E-state index contributed by atoms with van der Waals surface area (Å²) in [7, 11) is 0. The first-order chi connectivity index (χ1) is 16.8. The summed E-state index contributed by atoms with van der Waals surface area (Å²) in [6, 6.07) is 10.2. The lowest BCUT2D eigenvalue weighted by Crippen LogP contribution is -2.27. The number of carboxylic acid groups (broad SMARTS) is 1. The van der Waals surface area contributed by atoms with E-state index in [9.17, 15) is 9.90 Å². The van der Waals surface area contributed by atoms with Crippen LogP contribution in [0.15, 0.2) is 64.8 Å². The van der Waals surface area contributed by atoms with Crippen molar-refractivity contribution < 1.29 is 9.90 Å². The van der Waals surface area contributed by atoms with E-state index in [4.69, 9.17) is 0 Å². The average Bonchev–Trinajstić information content (AvgIpc) is 3.54. The Hall–Kier alpha value is -2.95. The molecule has 8 nitrogen and oxygen atoms in total. The molecule has 0 aliphatic carbocycles. The predicted octanol–water partition coefficient (Wildman–Crippen LogP) is 5.31. The van der Waals surface area contributed by atoms with E-state index in [1.807, 2.05) is 34.7 Å². The fourth-order valence-corrected chi connectivity index (χ4v) is 5.53. The number of aliphatic carboxylic acids is 1. The number of rotatable bonds is 11. The zero-order chi connectivity index (χ0) is 24.8. The summed E-state index contributed by atoms with van der Waals surface area (Å²) < 4.78 is 1.67. The van der Waals surface area contributed by atoms with Crippen LogP contribution >= 0.6 is 35.5 Å². The van der Waals surface area contributed by atoms with Crippen LogP contribution in [-0.2, 0) is 24.2 Å². The highest BCUT2D eigenvalue weighted by molar-refractivity contribution is 8.03. The third kappa shape index (κ3) is 7.05. The molecule has 36 heavy (non-hydrogen) atoms. The highest BCUT2D eigenvalue weighted by atomic mass is 35.5. The molecule has 11 heteroatoms. The van der Waals surface area contributed by atoms with Crippen molar-refractivity contribution in [3.8, 4) is 5.69 Å². The molecule has 0 radical (unpaired) electrons. The molecule has 1 aromatic carbocycles. The molecule has 0 aliphatic heterocycles. The summed E-state index contributed by atoms with van der Waals surface area (Å²) in [4.78, 5) is 27.5. The minimum atomic E-state index is -0.918. The third-order valence-corrected chi connectivity index (χ3v) is 7.66. The molecular formula is C25H29ClN6O2S2. The first-order valence-corrected chi connectivity index (χ1v) is 13.1. The lowest BCUT2D eigenvalue weighted by atomic mass is 10.2. The van der Waals surface area contributed by atoms with E-state index in [1.165, 1.54) is 23.1 Å². The topological polar surface area (TPSA) is 97.0 Å². The van der Waals surface area contributed by atoms with Crippen LogP contribution in [0.25, 0.3) is 5.69 Å². The highest BCUT2D eigenvalue weighted by Crippen LogP contribution is 2.34. The van der Waals surface area contributed by atoms with Gasteiger partial charge in [-0.3, -0.25) is 4.79 Å². The van der Waals surface area contributed by atoms with Crippen LogP contribution in [0, 0.1) is 0 Å². The van der Waals surface area contributed by atoms with Crippen LogP contribution in [0.4, 0.5) is 5.95 Å². The zero-order valence-electron chi connectivity index (χ0n) is 20.4. The monoisotopic (exact) mass is 544 g/mol. The number of anilines is 1. The molecule has 3 heterocycles. The number of aryl methyl sites for hydroxylation is 1. The number of thiazole rings is 1. The number of nitrogens with zero attached hydrogens (tertiary/aromatic N) is 6. The second kappa shape index (κ2) is 12.3. The first-order valence-electron chi connectivity index (χ1n) is 11.4. The molecule has 0 bridgehead atoms. The minimum Gasteiger partial charge on any atom is -0.480 e. The predicted molar refractivity (Wildman–Crippen MR) is 147 cm³/mol. The Morgan fingerprint density at radius 2 is 1.89 bits per heavy atom. The minimum absolute atomic E-state index is 0. The van der Waals surface area contributed by atoms with E-state index in [1.54, 1.807) is 20.0 Å². The molecule has 0 aliphatic rings. The van der Waals surface area contributed by atoms with Crippen molar-refractivity contribution in [3.63, 3.8) is 0 Å². The van der Waals surface area contributed by atoms with Gasteiger partial charge in [-0.2, -0.15) is 5.10 Å². The maximum atomic E-state index is 11.4. The van der Waals surface area contributed by atoms with Crippen LogP contribution in [0.5, 0.6) is 0 Å². The molecule has 1 N–H and O–H groups in total. The fourth-order valence-electron chi connectivity index (χ4n) is 3.30. The number of hydrogen-bond donors (Lipinski definition) is 1. The van der Waals surface area contributed by atoms with Crippen molar-refractivity contribution in [2.24, 2.45) is 0 Å². The van der Waals surface area contributed by atoms with Crippen LogP contribution in [0.3, 0.4) is 0 Å². The standard InChI is InChI=1S/C25H28N6O2S2.ClH/c1-4-18-14-26-23(27-15-18)30(16-19-6-8-21(9-7-19)31-12-5-11-28-31)13-10-20-17-34-24(29-20)35-25(2,3)22(32)33;/h5-9,11-12,14-15,17H,4,10,13,16H2,1-3H3,(H,32,33);1H. The SMILES string of the molecule is CCc1cnc(N(CCc2csc(SC(C)(C)C(=O)O)n2)Cc2ccc(-n3cccn3)cc2)nc1.Cl. The Bertz CT molecular complexity index is 1240. The summed E-state index contributed by atoms with van der Waals surface area (Å²) in [5, 5.41) is 15.7. The van der Waals surface area contributed by atoms with Crippen molar-refractivity contribution in [2.45, 2.75) is 49.2 Å². The smallest absolute Gasteiger partial charge is 0.319 e. The molecule has 0 atom stereocenters. The molecule has 0 spiro atoms. The van der Waals surface area contributed by atoms with Gasteiger partial charge in [0.25, 0.3) is 0 Å². The molecule has 4 aromatic rings. The van der Waals surface area contributed by atoms with Gasteiger partial charge >= 0.3 is 5.97 Å². The van der Waals surface area contributed by atoms with Gasteiger partial charge in [-0.15, -0.1) is 23.7 Å². The van der Waals surface area contributed by atoms with Crippen LogP contribution in [-0.4, -0.2) is 47.1 Å². The largest absolute Gasteiger partial charge is 0.480 e. The van der Waals surface area contributed by atoms with Gasteiger partial charge in [0, 0.05) is 49.7 Å². The zero-order valence-corrected chi connectivity index (χ0v) is 22.8. The van der Waals surface area contributed by atoms with E-state index >= 15 is 0 Å². The molecular weight excluding hydrogens is 516 g/mol. The van der Waals surface area contributed by atoms with Gasteiger partial charge in [0.15, 0.2) is 4.34 Å². The quantitative estimate of drug-likeness (QED) is 0.254. The maximum Gasteiger partial charge on any atom is 0.319 e. The van der Waals surface area contributed by atoms with Crippen LogP contribution < -0.4 is 4.90 Å². The van der Waals surface area contributed by atoms with E-state index in [2.05, 4.69) is 56.1 Å². The molecule has 0 saturated heterocycles. The van der Waals surface area contributed by atoms with Crippen molar-refractivity contribution >= 4 is 47.4 Å². The molecule has 0 amide bonds. The van der Waals surface area contributed by atoms with Gasteiger partial charge in [-0.1, -0.05) is 30.8 Å². The van der Waals surface area contributed by atoms with E-state index in [0.29, 0.717) is 25.5 Å². The number of carboxylic acids is 1. The normalized spacial score (nSPS) is 11.2. The van der Waals surface area contributed by atoms with Crippen molar-refractivity contribution in [3.05, 3.63) is 77.3 Å². The fraction of sp³-hybridized carbons (Fsp3) is 0.320. The maximum absolute atomic E-state index is 11.4. The Kier molecular flexibility index (Phi) is 9.47. The molecule has 0 saturated carbocycles. The number of aromatic nitrogens is 5. The van der Waals surface area contributed by atoms with Crippen LogP contribution in [0.1, 0.15) is 37.6 Å². The lowest BCUT2D eigenvalue weighted by molar-refractivity contribution is -0.138.